The summed E-state index contributed by atoms with van der Waals surface area (Å²) >= 11 is 0. The van der Waals surface area contributed by atoms with Crippen molar-refractivity contribution in [3.05, 3.63) is 101 Å². The van der Waals surface area contributed by atoms with Crippen molar-refractivity contribution in [2.75, 3.05) is 0 Å². The van der Waals surface area contributed by atoms with E-state index >= 15 is 0 Å². The number of aromatic hydroxyl groups is 1. The molecule has 0 heterocycles. The number of ether oxygens (including phenoxy) is 1. The van der Waals surface area contributed by atoms with Crippen LogP contribution < -0.4 is 0 Å². The van der Waals surface area contributed by atoms with E-state index in [1.54, 1.807) is 42.5 Å². The van der Waals surface area contributed by atoms with Gasteiger partial charge in [0.05, 0.1) is 11.1 Å². The van der Waals surface area contributed by atoms with Crippen LogP contribution in [0.1, 0.15) is 37.9 Å². The third-order valence-electron chi connectivity index (χ3n) is 3.90. The number of carboxylic acid groups (broad SMARTS) is 1. The predicted octanol–water partition coefficient (Wildman–Crippen LogP) is 4.04. The molecule has 0 saturated carbocycles. The number of rotatable bonds is 5. The molecule has 2 N–H and O–H groups in total. The van der Waals surface area contributed by atoms with E-state index in [4.69, 9.17) is 4.74 Å². The summed E-state index contributed by atoms with van der Waals surface area (Å²) in [5.41, 5.74) is 1.38. The third-order valence-corrected chi connectivity index (χ3v) is 3.90. The monoisotopic (exact) mass is 348 g/mol. The van der Waals surface area contributed by atoms with Gasteiger partial charge in [0.25, 0.3) is 0 Å². The lowest BCUT2D eigenvalue weighted by molar-refractivity contribution is 0.0371. The van der Waals surface area contributed by atoms with Gasteiger partial charge in [-0.3, -0.25) is 0 Å². The van der Waals surface area contributed by atoms with Gasteiger partial charge in [-0.1, -0.05) is 48.5 Å². The Morgan fingerprint density at radius 2 is 1.42 bits per heavy atom. The number of hydrogen-bond acceptors (Lipinski definition) is 4. The van der Waals surface area contributed by atoms with Crippen LogP contribution in [0.25, 0.3) is 0 Å². The van der Waals surface area contributed by atoms with Crippen LogP contribution in [-0.2, 0) is 4.74 Å². The maximum Gasteiger partial charge on any atom is 0.339 e. The molecule has 0 amide bonds. The number of phenolic OH excluding ortho intramolecular Hbond substituents is 1. The Morgan fingerprint density at radius 3 is 2.08 bits per heavy atom. The van der Waals surface area contributed by atoms with Crippen molar-refractivity contribution in [3.63, 3.8) is 0 Å². The van der Waals surface area contributed by atoms with Gasteiger partial charge in [-0.25, -0.2) is 9.59 Å². The summed E-state index contributed by atoms with van der Waals surface area (Å²) in [5, 5.41) is 18.8. The van der Waals surface area contributed by atoms with E-state index < -0.39 is 18.0 Å². The van der Waals surface area contributed by atoms with Crippen LogP contribution >= 0.6 is 0 Å². The van der Waals surface area contributed by atoms with Crippen LogP contribution in [0.4, 0.5) is 0 Å². The second-order valence-electron chi connectivity index (χ2n) is 5.64. The molecule has 1 atom stereocenters. The number of carboxylic acids is 1. The predicted molar refractivity (Wildman–Crippen MR) is 95.2 cm³/mol. The lowest BCUT2D eigenvalue weighted by atomic mass is 9.96. The molecule has 0 bridgehead atoms. The Labute approximate surface area is 150 Å². The largest absolute Gasteiger partial charge is 0.508 e. The van der Waals surface area contributed by atoms with Crippen molar-refractivity contribution in [2.24, 2.45) is 0 Å². The van der Waals surface area contributed by atoms with Crippen molar-refractivity contribution in [2.45, 2.75) is 6.10 Å². The van der Waals surface area contributed by atoms with E-state index in [-0.39, 0.29) is 16.9 Å². The second-order valence-corrected chi connectivity index (χ2v) is 5.64. The second kappa shape index (κ2) is 7.53. The first-order valence-corrected chi connectivity index (χ1v) is 7.93. The summed E-state index contributed by atoms with van der Waals surface area (Å²) in [6, 6.07) is 21.0. The molecule has 0 aliphatic heterocycles. The maximum atomic E-state index is 12.5. The molecule has 1 unspecified atom stereocenters. The minimum absolute atomic E-state index is 0.0392. The van der Waals surface area contributed by atoms with Gasteiger partial charge in [0.15, 0.2) is 6.10 Å². The first kappa shape index (κ1) is 17.2. The summed E-state index contributed by atoms with van der Waals surface area (Å²) in [6.45, 7) is 0. The molecule has 0 saturated heterocycles. The van der Waals surface area contributed by atoms with Gasteiger partial charge in [0, 0.05) is 5.56 Å². The molecule has 0 radical (unpaired) electrons. The van der Waals surface area contributed by atoms with Crippen molar-refractivity contribution >= 4 is 11.9 Å². The number of aromatic carboxylic acids is 1. The SMILES string of the molecule is O=C(OC(c1ccccc1)c1ccccc1C(=O)O)c1ccc(O)cc1. The van der Waals surface area contributed by atoms with Gasteiger partial charge in [0.1, 0.15) is 5.75 Å². The Balaban J connectivity index is 2.01. The van der Waals surface area contributed by atoms with E-state index in [1.807, 2.05) is 6.07 Å². The van der Waals surface area contributed by atoms with Crippen molar-refractivity contribution < 1.29 is 24.5 Å². The molecule has 26 heavy (non-hydrogen) atoms. The Kier molecular flexibility index (Phi) is 4.99. The molecule has 0 aliphatic carbocycles. The smallest absolute Gasteiger partial charge is 0.339 e. The summed E-state index contributed by atoms with van der Waals surface area (Å²) in [5.74, 6) is -1.67. The molecule has 0 fully saturated rings. The van der Waals surface area contributed by atoms with Crippen LogP contribution in [0.3, 0.4) is 0 Å². The first-order chi connectivity index (χ1) is 12.6. The topological polar surface area (TPSA) is 83.8 Å². The van der Waals surface area contributed by atoms with Gasteiger partial charge >= 0.3 is 11.9 Å². The average molecular weight is 348 g/mol. The lowest BCUT2D eigenvalue weighted by Gasteiger charge is -2.20. The standard InChI is InChI=1S/C21H16O5/c22-16-12-10-15(11-13-16)21(25)26-19(14-6-2-1-3-7-14)17-8-4-5-9-18(17)20(23)24/h1-13,19,22H,(H,23,24). The zero-order valence-electron chi connectivity index (χ0n) is 13.7. The average Bonchev–Trinajstić information content (AvgIpc) is 2.67. The number of benzene rings is 3. The molecular formula is C21H16O5. The van der Waals surface area contributed by atoms with Crippen LogP contribution in [0, 0.1) is 0 Å². The van der Waals surface area contributed by atoms with Crippen LogP contribution in [-0.4, -0.2) is 22.2 Å². The maximum absolute atomic E-state index is 12.5. The van der Waals surface area contributed by atoms with Crippen molar-refractivity contribution in [1.29, 1.82) is 0 Å². The highest BCUT2D eigenvalue weighted by molar-refractivity contribution is 5.91. The molecule has 5 heteroatoms. The van der Waals surface area contributed by atoms with Crippen LogP contribution in [0.5, 0.6) is 5.75 Å². The lowest BCUT2D eigenvalue weighted by Crippen LogP contribution is -2.16. The first-order valence-electron chi connectivity index (χ1n) is 7.93. The van der Waals surface area contributed by atoms with E-state index in [0.29, 0.717) is 11.1 Å². The molecular weight excluding hydrogens is 332 g/mol. The van der Waals surface area contributed by atoms with Gasteiger partial charge in [0.2, 0.25) is 0 Å². The molecule has 130 valence electrons. The molecule has 3 aromatic rings. The molecule has 0 aliphatic rings. The number of carbonyl (C=O) groups is 2. The van der Waals surface area contributed by atoms with E-state index in [1.165, 1.54) is 30.3 Å². The van der Waals surface area contributed by atoms with Gasteiger partial charge in [-0.05, 0) is 35.9 Å². The highest BCUT2D eigenvalue weighted by atomic mass is 16.5. The summed E-state index contributed by atoms with van der Waals surface area (Å²) < 4.78 is 5.66. The third kappa shape index (κ3) is 3.72. The van der Waals surface area contributed by atoms with E-state index in [9.17, 15) is 19.8 Å². The fourth-order valence-corrected chi connectivity index (χ4v) is 2.63. The van der Waals surface area contributed by atoms with Gasteiger partial charge in [-0.2, -0.15) is 0 Å². The van der Waals surface area contributed by atoms with E-state index in [2.05, 4.69) is 0 Å². The Bertz CT molecular complexity index is 917. The molecule has 0 aromatic heterocycles. The fraction of sp³-hybridized carbons (Fsp3) is 0.0476. The zero-order chi connectivity index (χ0) is 18.5. The van der Waals surface area contributed by atoms with Crippen LogP contribution in [0.2, 0.25) is 0 Å². The fourth-order valence-electron chi connectivity index (χ4n) is 2.63. The quantitative estimate of drug-likeness (QED) is 0.680. The molecule has 0 spiro atoms. The number of carbonyl (C=O) groups excluding carboxylic acids is 1. The minimum Gasteiger partial charge on any atom is -0.508 e. The van der Waals surface area contributed by atoms with E-state index in [0.717, 1.165) is 0 Å². The number of esters is 1. The normalized spacial score (nSPS) is 11.5. The Morgan fingerprint density at radius 1 is 0.808 bits per heavy atom. The highest BCUT2D eigenvalue weighted by Gasteiger charge is 2.24. The van der Waals surface area contributed by atoms with Crippen molar-refractivity contribution in [3.8, 4) is 5.75 Å². The zero-order valence-corrected chi connectivity index (χ0v) is 13.7. The molecule has 3 rings (SSSR count). The van der Waals surface area contributed by atoms with Crippen LogP contribution in [0.15, 0.2) is 78.9 Å². The number of hydrogen-bond donors (Lipinski definition) is 2. The van der Waals surface area contributed by atoms with Gasteiger partial charge in [-0.15, -0.1) is 0 Å². The number of phenols is 1. The highest BCUT2D eigenvalue weighted by Crippen LogP contribution is 2.30. The summed E-state index contributed by atoms with van der Waals surface area (Å²) in [4.78, 5) is 24.1. The summed E-state index contributed by atoms with van der Waals surface area (Å²) in [7, 11) is 0. The minimum atomic E-state index is -1.10. The molecule has 3 aromatic carbocycles. The van der Waals surface area contributed by atoms with Gasteiger partial charge < -0.3 is 14.9 Å². The molecule has 5 nitrogen and oxygen atoms in total. The van der Waals surface area contributed by atoms with Crippen molar-refractivity contribution in [1.82, 2.24) is 0 Å². The summed E-state index contributed by atoms with van der Waals surface area (Å²) in [6.07, 6.45) is -0.871. The Hall–Kier alpha value is -3.60.